The second-order valence-corrected chi connectivity index (χ2v) is 7.52. The summed E-state index contributed by atoms with van der Waals surface area (Å²) in [6.45, 7) is 0.682. The van der Waals surface area contributed by atoms with E-state index in [1.54, 1.807) is 10.6 Å². The molecule has 1 amide bonds. The van der Waals surface area contributed by atoms with Crippen LogP contribution in [0.4, 0.5) is 10.1 Å². The second-order valence-electron chi connectivity index (χ2n) is 7.52. The van der Waals surface area contributed by atoms with E-state index in [2.05, 4.69) is 5.32 Å². The Morgan fingerprint density at radius 3 is 2.75 bits per heavy atom. The molecule has 5 rings (SSSR count). The Balaban J connectivity index is 1.89. The topological polar surface area (TPSA) is 91.6 Å². The van der Waals surface area contributed by atoms with E-state index in [1.807, 2.05) is 6.08 Å². The highest BCUT2D eigenvalue weighted by Crippen LogP contribution is 2.42. The number of pyridine rings is 1. The molecule has 7 nitrogen and oxygen atoms in total. The average Bonchev–Trinajstić information content (AvgIpc) is 3.48. The van der Waals surface area contributed by atoms with Gasteiger partial charge in [0.05, 0.1) is 29.2 Å². The summed E-state index contributed by atoms with van der Waals surface area (Å²) in [5.74, 6) is -2.23. The fraction of sp³-hybridized carbons (Fsp3) is 0.350. The molecule has 8 heteroatoms. The molecule has 2 N–H and O–H groups in total. The number of benzene rings is 1. The summed E-state index contributed by atoms with van der Waals surface area (Å²) in [4.78, 5) is 38.4. The van der Waals surface area contributed by atoms with E-state index in [0.29, 0.717) is 24.0 Å². The number of carboxylic acids is 1. The number of hydrogen-bond acceptors (Lipinski definition) is 4. The Hall–Kier alpha value is -3.00. The Kier molecular flexibility index (Phi) is 3.67. The van der Waals surface area contributed by atoms with E-state index in [4.69, 9.17) is 0 Å². The molecule has 1 aromatic carbocycles. The first-order valence-corrected chi connectivity index (χ1v) is 9.31. The van der Waals surface area contributed by atoms with Crippen LogP contribution in [-0.2, 0) is 4.79 Å². The monoisotopic (exact) mass is 383 g/mol. The number of aromatic nitrogens is 1. The van der Waals surface area contributed by atoms with Crippen molar-refractivity contribution in [1.29, 1.82) is 0 Å². The maximum Gasteiger partial charge on any atom is 0.341 e. The van der Waals surface area contributed by atoms with Crippen LogP contribution in [0.2, 0.25) is 0 Å². The first-order chi connectivity index (χ1) is 13.5. The Labute approximate surface area is 159 Å². The van der Waals surface area contributed by atoms with Gasteiger partial charge in [-0.25, -0.2) is 9.18 Å². The van der Waals surface area contributed by atoms with E-state index in [9.17, 15) is 19.5 Å². The van der Waals surface area contributed by atoms with Crippen molar-refractivity contribution in [3.05, 3.63) is 45.5 Å². The van der Waals surface area contributed by atoms with E-state index in [1.165, 1.54) is 11.1 Å². The number of carbonyl (C=O) groups is 2. The maximum absolute atomic E-state index is 15.2. The number of rotatable bonds is 2. The molecule has 2 aromatic rings. The van der Waals surface area contributed by atoms with Gasteiger partial charge in [-0.05, 0) is 25.3 Å². The molecule has 1 unspecified atom stereocenters. The lowest BCUT2D eigenvalue weighted by molar-refractivity contribution is -0.119. The molecule has 1 atom stereocenters. The molecule has 3 aliphatic rings. The summed E-state index contributed by atoms with van der Waals surface area (Å²) in [5.41, 5.74) is 0.0647. The van der Waals surface area contributed by atoms with Crippen LogP contribution in [0.3, 0.4) is 0 Å². The van der Waals surface area contributed by atoms with Crippen LogP contribution in [0.15, 0.2) is 23.1 Å². The van der Waals surface area contributed by atoms with Crippen LogP contribution >= 0.6 is 0 Å². The van der Waals surface area contributed by atoms with Crippen molar-refractivity contribution in [2.75, 3.05) is 18.0 Å². The summed E-state index contributed by atoms with van der Waals surface area (Å²) >= 11 is 0. The lowest BCUT2D eigenvalue weighted by atomic mass is 10.0. The molecule has 1 aromatic heterocycles. The van der Waals surface area contributed by atoms with Crippen molar-refractivity contribution < 1.29 is 19.1 Å². The zero-order valence-corrected chi connectivity index (χ0v) is 14.9. The van der Waals surface area contributed by atoms with E-state index in [0.717, 1.165) is 18.9 Å². The van der Waals surface area contributed by atoms with E-state index >= 15 is 4.39 Å². The molecule has 0 radical (unpaired) electrons. The predicted molar refractivity (Wildman–Crippen MR) is 101 cm³/mol. The minimum Gasteiger partial charge on any atom is -0.477 e. The van der Waals surface area contributed by atoms with Crippen LogP contribution in [0, 0.1) is 5.82 Å². The minimum atomic E-state index is -1.33. The van der Waals surface area contributed by atoms with Gasteiger partial charge in [0.25, 0.3) is 0 Å². The van der Waals surface area contributed by atoms with Crippen molar-refractivity contribution in [2.24, 2.45) is 0 Å². The first kappa shape index (κ1) is 17.1. The zero-order chi connectivity index (χ0) is 19.6. The third kappa shape index (κ3) is 2.41. The summed E-state index contributed by atoms with van der Waals surface area (Å²) < 4.78 is 17.0. The van der Waals surface area contributed by atoms with E-state index in [-0.39, 0.29) is 41.2 Å². The second kappa shape index (κ2) is 6.00. The smallest absolute Gasteiger partial charge is 0.341 e. The van der Waals surface area contributed by atoms with Crippen LogP contribution in [0.25, 0.3) is 17.0 Å². The summed E-state index contributed by atoms with van der Waals surface area (Å²) in [6, 6.07) is 0.958. The number of amides is 1. The molecule has 1 saturated heterocycles. The Morgan fingerprint density at radius 1 is 1.25 bits per heavy atom. The lowest BCUT2D eigenvalue weighted by Gasteiger charge is -2.36. The fourth-order valence-corrected chi connectivity index (χ4v) is 4.27. The van der Waals surface area contributed by atoms with Gasteiger partial charge in [0.1, 0.15) is 11.4 Å². The number of piperazine rings is 1. The number of anilines is 1. The predicted octanol–water partition coefficient (Wildman–Crippen LogP) is 1.90. The van der Waals surface area contributed by atoms with Crippen LogP contribution in [-0.4, -0.2) is 40.7 Å². The Morgan fingerprint density at radius 2 is 2.04 bits per heavy atom. The van der Waals surface area contributed by atoms with Gasteiger partial charge in [0, 0.05) is 24.3 Å². The fourth-order valence-electron chi connectivity index (χ4n) is 4.27. The van der Waals surface area contributed by atoms with Crippen molar-refractivity contribution in [1.82, 2.24) is 9.88 Å². The number of carbonyl (C=O) groups excluding carboxylic acids is 1. The van der Waals surface area contributed by atoms with Crippen molar-refractivity contribution in [3.8, 4) is 0 Å². The molecule has 1 saturated carbocycles. The van der Waals surface area contributed by atoms with Gasteiger partial charge >= 0.3 is 5.97 Å². The molecule has 0 bridgehead atoms. The molecular weight excluding hydrogens is 365 g/mol. The summed E-state index contributed by atoms with van der Waals surface area (Å²) in [5, 5.41) is 12.5. The van der Waals surface area contributed by atoms with E-state index < -0.39 is 17.2 Å². The van der Waals surface area contributed by atoms with Gasteiger partial charge < -0.3 is 19.9 Å². The largest absolute Gasteiger partial charge is 0.477 e. The number of carboxylic acid groups (broad SMARTS) is 1. The van der Waals surface area contributed by atoms with Crippen molar-refractivity contribution >= 4 is 34.5 Å². The number of nitrogens with one attached hydrogen (secondary N) is 1. The van der Waals surface area contributed by atoms with Gasteiger partial charge in [0.2, 0.25) is 11.3 Å². The van der Waals surface area contributed by atoms with Gasteiger partial charge in [-0.2, -0.15) is 0 Å². The highest BCUT2D eigenvalue weighted by atomic mass is 19.1. The third-order valence-corrected chi connectivity index (χ3v) is 5.67. The highest BCUT2D eigenvalue weighted by Gasteiger charge is 2.36. The molecular formula is C20H18FN3O4. The molecule has 1 aliphatic carbocycles. The standard InChI is InChI=1S/C20H18FN3O4/c21-15-6-13-17(23(10-4-5-10)9-14(19(13)26)20(27)28)12-3-1-2-11-7-22-8-16(25)24(11)18(12)15/h1,3,6,9-11,22H,2,4-5,7-8H2,(H,27,28). The minimum absolute atomic E-state index is 0.0359. The number of fused-ring (bicyclic) bond motifs is 5. The number of hydrogen-bond donors (Lipinski definition) is 2. The zero-order valence-electron chi connectivity index (χ0n) is 14.9. The van der Waals surface area contributed by atoms with Gasteiger partial charge in [-0.15, -0.1) is 0 Å². The maximum atomic E-state index is 15.2. The summed E-state index contributed by atoms with van der Waals surface area (Å²) in [6.07, 6.45) is 7.29. The Bertz CT molecular complexity index is 1130. The van der Waals surface area contributed by atoms with Gasteiger partial charge in [-0.3, -0.25) is 9.59 Å². The molecule has 28 heavy (non-hydrogen) atoms. The molecule has 2 fully saturated rings. The normalized spacial score (nSPS) is 21.4. The number of halogens is 1. The lowest BCUT2D eigenvalue weighted by Crippen LogP contribution is -2.55. The van der Waals surface area contributed by atoms with Crippen LogP contribution in [0.5, 0.6) is 0 Å². The SMILES string of the molecule is O=C(O)c1cn(C2CC2)c2c3c(c(F)cc2c1=O)N1C(=O)CNCC1CC=C3. The molecule has 2 aliphatic heterocycles. The van der Waals surface area contributed by atoms with Gasteiger partial charge in [0.15, 0.2) is 0 Å². The first-order valence-electron chi connectivity index (χ1n) is 9.31. The average molecular weight is 383 g/mol. The molecule has 3 heterocycles. The van der Waals surface area contributed by atoms with Crippen molar-refractivity contribution in [3.63, 3.8) is 0 Å². The number of nitrogens with zero attached hydrogens (tertiary/aromatic N) is 2. The third-order valence-electron chi connectivity index (χ3n) is 5.67. The quantitative estimate of drug-likeness (QED) is 0.827. The number of aromatic carboxylic acids is 1. The summed E-state index contributed by atoms with van der Waals surface area (Å²) in [7, 11) is 0. The van der Waals surface area contributed by atoms with Crippen LogP contribution in [0.1, 0.15) is 41.2 Å². The molecule has 144 valence electrons. The van der Waals surface area contributed by atoms with Gasteiger partial charge in [-0.1, -0.05) is 12.2 Å². The molecule has 0 spiro atoms. The van der Waals surface area contributed by atoms with Crippen LogP contribution < -0.4 is 15.6 Å². The highest BCUT2D eigenvalue weighted by molar-refractivity contribution is 6.04. The van der Waals surface area contributed by atoms with Crippen molar-refractivity contribution in [2.45, 2.75) is 31.3 Å².